The van der Waals surface area contributed by atoms with E-state index in [0.717, 1.165) is 47.5 Å². The van der Waals surface area contributed by atoms with Crippen LogP contribution in [0.3, 0.4) is 0 Å². The Kier molecular flexibility index (Phi) is 9.71. The van der Waals surface area contributed by atoms with Crippen LogP contribution >= 0.6 is 0 Å². The molecule has 0 bridgehead atoms. The molecule has 8 rings (SSSR count). The van der Waals surface area contributed by atoms with E-state index in [-0.39, 0.29) is 29.3 Å². The van der Waals surface area contributed by atoms with E-state index >= 15 is 0 Å². The fraction of sp³-hybridized carbons (Fsp3) is 0.364. The van der Waals surface area contributed by atoms with Gasteiger partial charge in [-0.25, -0.2) is 0 Å². The number of hydrogen-bond acceptors (Lipinski definition) is 9. The van der Waals surface area contributed by atoms with Gasteiger partial charge >= 0.3 is 0 Å². The second kappa shape index (κ2) is 14.8. The van der Waals surface area contributed by atoms with E-state index in [9.17, 15) is 9.59 Å². The summed E-state index contributed by atoms with van der Waals surface area (Å²) in [5.41, 5.74) is 6.19. The van der Waals surface area contributed by atoms with Gasteiger partial charge in [-0.3, -0.25) is 29.4 Å². The molecule has 55 heavy (non-hydrogen) atoms. The van der Waals surface area contributed by atoms with E-state index in [4.69, 9.17) is 33.7 Å². The Morgan fingerprint density at radius 3 is 1.76 bits per heavy atom. The van der Waals surface area contributed by atoms with E-state index < -0.39 is 0 Å². The van der Waals surface area contributed by atoms with Crippen LogP contribution in [0.1, 0.15) is 71.9 Å². The van der Waals surface area contributed by atoms with Crippen LogP contribution in [0, 0.1) is 5.41 Å². The summed E-state index contributed by atoms with van der Waals surface area (Å²) >= 11 is 0. The number of methoxy groups -OCH3 is 2. The lowest BCUT2D eigenvalue weighted by Gasteiger charge is -2.22. The molecule has 2 atom stereocenters. The highest BCUT2D eigenvalue weighted by Gasteiger charge is 2.38. The van der Waals surface area contributed by atoms with Crippen molar-refractivity contribution in [2.24, 2.45) is 15.4 Å². The van der Waals surface area contributed by atoms with E-state index in [2.05, 4.69) is 20.8 Å². The third-order valence-corrected chi connectivity index (χ3v) is 10.5. The molecule has 0 fully saturated rings. The van der Waals surface area contributed by atoms with Crippen LogP contribution in [-0.4, -0.2) is 70.4 Å². The molecule has 0 N–H and O–H groups in total. The van der Waals surface area contributed by atoms with Crippen LogP contribution in [0.2, 0.25) is 0 Å². The van der Waals surface area contributed by atoms with Crippen molar-refractivity contribution in [1.29, 1.82) is 0 Å². The first-order chi connectivity index (χ1) is 26.6. The summed E-state index contributed by atoms with van der Waals surface area (Å²) < 4.78 is 29.7. The second-order valence-corrected chi connectivity index (χ2v) is 15.5. The molecule has 11 nitrogen and oxygen atoms in total. The van der Waals surface area contributed by atoms with Gasteiger partial charge in [0.1, 0.15) is 5.75 Å². The van der Waals surface area contributed by atoms with Crippen LogP contribution < -0.4 is 33.5 Å². The number of fused-ring (bicyclic) bond motifs is 8. The van der Waals surface area contributed by atoms with E-state index in [1.807, 2.05) is 64.7 Å². The number of rotatable bonds is 12. The molecule has 0 saturated carbocycles. The molecule has 0 spiro atoms. The van der Waals surface area contributed by atoms with Crippen LogP contribution in [-0.2, 0) is 12.8 Å². The Hall–Kier alpha value is -5.84. The highest BCUT2D eigenvalue weighted by Crippen LogP contribution is 2.43. The Bertz CT molecular complexity index is 2210. The maximum absolute atomic E-state index is 14.1. The number of ether oxygens (including phenoxy) is 5. The molecule has 0 saturated heterocycles. The predicted octanol–water partition coefficient (Wildman–Crippen LogP) is 8.33. The molecule has 2 amide bonds. The smallest absolute Gasteiger partial charge is 0.261 e. The minimum absolute atomic E-state index is 0.118. The molecule has 0 unspecified atom stereocenters. The Morgan fingerprint density at radius 2 is 1.18 bits per heavy atom. The lowest BCUT2D eigenvalue weighted by Crippen LogP contribution is -2.37. The van der Waals surface area contributed by atoms with Gasteiger partial charge in [0.25, 0.3) is 11.8 Å². The van der Waals surface area contributed by atoms with Crippen molar-refractivity contribution < 1.29 is 33.3 Å². The number of benzene rings is 4. The molecule has 0 aromatic heterocycles. The highest BCUT2D eigenvalue weighted by molar-refractivity contribution is 6.16. The van der Waals surface area contributed by atoms with Crippen molar-refractivity contribution in [2.75, 3.05) is 43.8 Å². The first-order valence-corrected chi connectivity index (χ1v) is 18.9. The average molecular weight is 743 g/mol. The molecular weight excluding hydrogens is 697 g/mol. The monoisotopic (exact) mass is 742 g/mol. The van der Waals surface area contributed by atoms with Gasteiger partial charge in [0.15, 0.2) is 23.0 Å². The van der Waals surface area contributed by atoms with Gasteiger partial charge in [0.05, 0.1) is 74.3 Å². The summed E-state index contributed by atoms with van der Waals surface area (Å²) in [7, 11) is 3.11. The van der Waals surface area contributed by atoms with Gasteiger partial charge in [0, 0.05) is 55.6 Å². The molecule has 284 valence electrons. The quantitative estimate of drug-likeness (QED) is 0.134. The van der Waals surface area contributed by atoms with Crippen LogP contribution in [0.5, 0.6) is 28.7 Å². The molecule has 4 aliphatic heterocycles. The zero-order chi connectivity index (χ0) is 38.3. The van der Waals surface area contributed by atoms with Crippen LogP contribution in [0.4, 0.5) is 22.7 Å². The first kappa shape index (κ1) is 36.2. The van der Waals surface area contributed by atoms with E-state index in [1.165, 1.54) is 0 Å². The summed E-state index contributed by atoms with van der Waals surface area (Å²) in [6.07, 6.45) is 7.63. The number of hydrogen-bond donors (Lipinski definition) is 0. The van der Waals surface area contributed by atoms with Crippen LogP contribution in [0.25, 0.3) is 0 Å². The van der Waals surface area contributed by atoms with E-state index in [0.29, 0.717) is 78.2 Å². The number of para-hydroxylation sites is 1. The van der Waals surface area contributed by atoms with Gasteiger partial charge in [-0.15, -0.1) is 0 Å². The molecular formula is C44H46N4O7. The van der Waals surface area contributed by atoms with Crippen molar-refractivity contribution >= 4 is 47.0 Å². The minimum Gasteiger partial charge on any atom is -0.494 e. The van der Waals surface area contributed by atoms with Gasteiger partial charge in [0.2, 0.25) is 0 Å². The SMILES string of the molecule is COc1cc2c(cc1OCCCOc1cc3c(cc1OC)C(=O)N1c4cc(OCCCC(C)(C)C)ccc4C[C@H]1C=N3)N=C[C@@H]1Cc3ccccc3N1C2=O. The Balaban J connectivity index is 0.913. The largest absolute Gasteiger partial charge is 0.494 e. The molecule has 4 heterocycles. The summed E-state index contributed by atoms with van der Waals surface area (Å²) in [4.78, 5) is 40.9. The number of carbonyl (C=O) groups excluding carboxylic acids is 2. The van der Waals surface area contributed by atoms with Gasteiger partial charge < -0.3 is 23.7 Å². The number of anilines is 2. The third-order valence-electron chi connectivity index (χ3n) is 10.5. The number of nitrogens with zero attached hydrogens (tertiary/aromatic N) is 4. The van der Waals surface area contributed by atoms with Crippen LogP contribution in [0.15, 0.2) is 76.7 Å². The highest BCUT2D eigenvalue weighted by atomic mass is 16.5. The van der Waals surface area contributed by atoms with Gasteiger partial charge in [-0.1, -0.05) is 45.0 Å². The van der Waals surface area contributed by atoms with Crippen molar-refractivity contribution in [2.45, 2.75) is 65.0 Å². The number of amides is 2. The Labute approximate surface area is 321 Å². The van der Waals surface area contributed by atoms with Crippen molar-refractivity contribution in [3.8, 4) is 28.7 Å². The fourth-order valence-corrected chi connectivity index (χ4v) is 7.71. The molecule has 4 aromatic rings. The predicted molar refractivity (Wildman–Crippen MR) is 214 cm³/mol. The topological polar surface area (TPSA) is 111 Å². The van der Waals surface area contributed by atoms with Gasteiger partial charge in [-0.05, 0) is 53.6 Å². The lowest BCUT2D eigenvalue weighted by molar-refractivity contribution is 0.0978. The van der Waals surface area contributed by atoms with Crippen molar-refractivity contribution in [1.82, 2.24) is 0 Å². The maximum Gasteiger partial charge on any atom is 0.261 e. The molecule has 4 aliphatic rings. The van der Waals surface area contributed by atoms with E-state index in [1.54, 1.807) is 38.5 Å². The fourth-order valence-electron chi connectivity index (χ4n) is 7.71. The van der Waals surface area contributed by atoms with Crippen molar-refractivity contribution in [3.63, 3.8) is 0 Å². The zero-order valence-corrected chi connectivity index (χ0v) is 32.0. The van der Waals surface area contributed by atoms with Crippen molar-refractivity contribution in [3.05, 3.63) is 89.0 Å². The molecule has 0 radical (unpaired) electrons. The maximum atomic E-state index is 14.1. The number of aliphatic imine (C=N–C) groups is 2. The standard InChI is InChI=1S/C44H46N4O7/c1-44(2,3)14-8-15-53-31-13-12-28-19-30-26-46-35-24-41(39(52-5)22-33(35)43(50)48(30)37(28)20-31)55-17-9-16-54-40-23-34-32(21-38(40)51-4)42(49)47-29(25-45-34)18-27-10-6-7-11-36(27)47/h6-7,10-13,20-26,29-30H,8-9,14-19H2,1-5H3/t29-,30-/m0/s1. The molecule has 0 aliphatic carbocycles. The minimum atomic E-state index is -0.207. The third kappa shape index (κ3) is 7.11. The number of carbonyl (C=O) groups is 2. The first-order valence-electron chi connectivity index (χ1n) is 18.9. The Morgan fingerprint density at radius 1 is 0.636 bits per heavy atom. The normalized spacial score (nSPS) is 17.7. The van der Waals surface area contributed by atoms with Gasteiger partial charge in [-0.2, -0.15) is 0 Å². The lowest BCUT2D eigenvalue weighted by atomic mass is 9.91. The summed E-state index contributed by atoms with van der Waals surface area (Å²) in [6.45, 7) is 7.94. The zero-order valence-electron chi connectivity index (χ0n) is 32.0. The second-order valence-electron chi connectivity index (χ2n) is 15.5. The molecule has 4 aromatic carbocycles. The summed E-state index contributed by atoms with van der Waals surface area (Å²) in [5, 5.41) is 0. The average Bonchev–Trinajstić information content (AvgIpc) is 3.66. The molecule has 11 heteroatoms. The summed E-state index contributed by atoms with van der Waals surface area (Å²) in [6, 6.07) is 20.5. The summed E-state index contributed by atoms with van der Waals surface area (Å²) in [5.74, 6) is 2.35.